The predicted molar refractivity (Wildman–Crippen MR) is 78.5 cm³/mol. The molecular formula is C15H22N2O4. The minimum Gasteiger partial charge on any atom is -0.444 e. The molecule has 116 valence electrons. The molecule has 0 aliphatic heterocycles. The van der Waals surface area contributed by atoms with Crippen LogP contribution in [-0.4, -0.2) is 30.3 Å². The maximum Gasteiger partial charge on any atom is 0.407 e. The van der Waals surface area contributed by atoms with Gasteiger partial charge in [0.25, 0.3) is 0 Å². The van der Waals surface area contributed by atoms with Crippen LogP contribution in [0.15, 0.2) is 30.3 Å². The monoisotopic (exact) mass is 294 g/mol. The van der Waals surface area contributed by atoms with Crippen LogP contribution in [0, 0.1) is 0 Å². The number of nitrogens with one attached hydrogen (secondary N) is 1. The molecule has 0 saturated carbocycles. The number of benzene rings is 1. The number of hydrogen-bond acceptors (Lipinski definition) is 4. The molecule has 0 bridgehead atoms. The van der Waals surface area contributed by atoms with Crippen molar-refractivity contribution in [1.82, 2.24) is 5.32 Å². The average molecular weight is 294 g/mol. The topological polar surface area (TPSA) is 90.7 Å². The molecule has 0 aliphatic carbocycles. The molecule has 1 aromatic carbocycles. The van der Waals surface area contributed by atoms with Gasteiger partial charge in [-0.2, -0.15) is 0 Å². The minimum atomic E-state index is -0.905. The Morgan fingerprint density at radius 1 is 1.24 bits per heavy atom. The lowest BCUT2D eigenvalue weighted by atomic mass is 10.2. The number of carbonyl (C=O) groups excluding carboxylic acids is 2. The maximum atomic E-state index is 11.5. The van der Waals surface area contributed by atoms with Crippen molar-refractivity contribution in [1.29, 1.82) is 0 Å². The van der Waals surface area contributed by atoms with E-state index in [1.165, 1.54) is 0 Å². The second-order valence-electron chi connectivity index (χ2n) is 5.57. The molecule has 0 heterocycles. The van der Waals surface area contributed by atoms with Gasteiger partial charge in [-0.05, 0) is 26.3 Å². The molecule has 0 fully saturated rings. The Hall–Kier alpha value is -2.08. The van der Waals surface area contributed by atoms with Crippen LogP contribution in [0.25, 0.3) is 0 Å². The summed E-state index contributed by atoms with van der Waals surface area (Å²) in [6.07, 6.45) is -1.52. The number of rotatable bonds is 6. The molecule has 0 aromatic heterocycles. The van der Waals surface area contributed by atoms with Gasteiger partial charge in [0.05, 0.1) is 13.2 Å². The smallest absolute Gasteiger partial charge is 0.407 e. The van der Waals surface area contributed by atoms with Crippen LogP contribution >= 0.6 is 0 Å². The number of nitrogens with two attached hydrogens (primary N) is 1. The van der Waals surface area contributed by atoms with E-state index in [1.54, 1.807) is 20.8 Å². The van der Waals surface area contributed by atoms with Gasteiger partial charge in [0, 0.05) is 0 Å². The van der Waals surface area contributed by atoms with E-state index in [-0.39, 0.29) is 13.2 Å². The Bertz CT molecular complexity index is 468. The first-order chi connectivity index (χ1) is 9.78. The van der Waals surface area contributed by atoms with Crippen molar-refractivity contribution in [2.75, 3.05) is 6.54 Å². The molecule has 6 nitrogen and oxygen atoms in total. The molecule has 0 spiro atoms. The van der Waals surface area contributed by atoms with Gasteiger partial charge in [-0.1, -0.05) is 30.3 Å². The normalized spacial score (nSPS) is 12.5. The Kier molecular flexibility index (Phi) is 6.17. The average Bonchev–Trinajstić information content (AvgIpc) is 2.37. The first-order valence-electron chi connectivity index (χ1n) is 6.69. The largest absolute Gasteiger partial charge is 0.444 e. The first kappa shape index (κ1) is 17.0. The van der Waals surface area contributed by atoms with E-state index in [9.17, 15) is 9.59 Å². The molecule has 1 aromatic rings. The molecule has 1 rings (SSSR count). The third-order valence-corrected chi connectivity index (χ3v) is 2.44. The highest BCUT2D eigenvalue weighted by atomic mass is 16.6. The maximum absolute atomic E-state index is 11.5. The summed E-state index contributed by atoms with van der Waals surface area (Å²) in [5, 5.41) is 2.47. The van der Waals surface area contributed by atoms with Crippen LogP contribution in [0.4, 0.5) is 4.79 Å². The fourth-order valence-corrected chi connectivity index (χ4v) is 1.50. The number of carbonyl (C=O) groups is 2. The molecule has 21 heavy (non-hydrogen) atoms. The van der Waals surface area contributed by atoms with Gasteiger partial charge < -0.3 is 20.5 Å². The highest BCUT2D eigenvalue weighted by Gasteiger charge is 2.20. The fourth-order valence-electron chi connectivity index (χ4n) is 1.50. The molecule has 0 aliphatic rings. The van der Waals surface area contributed by atoms with Crippen LogP contribution in [0.2, 0.25) is 0 Å². The summed E-state index contributed by atoms with van der Waals surface area (Å²) < 4.78 is 10.5. The summed E-state index contributed by atoms with van der Waals surface area (Å²) in [5.41, 5.74) is 5.58. The molecule has 3 N–H and O–H groups in total. The Morgan fingerprint density at radius 2 is 1.86 bits per heavy atom. The van der Waals surface area contributed by atoms with Crippen molar-refractivity contribution in [3.8, 4) is 0 Å². The van der Waals surface area contributed by atoms with E-state index in [4.69, 9.17) is 15.2 Å². The van der Waals surface area contributed by atoms with Crippen LogP contribution in [0.5, 0.6) is 0 Å². The van der Waals surface area contributed by atoms with Gasteiger partial charge in [-0.25, -0.2) is 4.79 Å². The van der Waals surface area contributed by atoms with Gasteiger partial charge in [-0.15, -0.1) is 0 Å². The zero-order chi connectivity index (χ0) is 15.9. The lowest BCUT2D eigenvalue weighted by Crippen LogP contribution is -2.43. The summed E-state index contributed by atoms with van der Waals surface area (Å²) in [7, 11) is 0. The van der Waals surface area contributed by atoms with Crippen LogP contribution < -0.4 is 11.1 Å². The van der Waals surface area contributed by atoms with E-state index in [2.05, 4.69) is 5.32 Å². The summed E-state index contributed by atoms with van der Waals surface area (Å²) in [6, 6.07) is 9.38. The molecule has 1 atom stereocenters. The Balaban J connectivity index is 2.44. The molecule has 0 radical (unpaired) electrons. The third kappa shape index (κ3) is 7.31. The van der Waals surface area contributed by atoms with Crippen molar-refractivity contribution in [2.45, 2.75) is 39.1 Å². The zero-order valence-corrected chi connectivity index (χ0v) is 12.6. The quantitative estimate of drug-likeness (QED) is 0.833. The van der Waals surface area contributed by atoms with Gasteiger partial charge in [-0.3, -0.25) is 4.79 Å². The van der Waals surface area contributed by atoms with Crippen molar-refractivity contribution in [3.05, 3.63) is 35.9 Å². The molecule has 2 amide bonds. The number of ether oxygens (including phenoxy) is 2. The Morgan fingerprint density at radius 3 is 2.38 bits per heavy atom. The summed E-state index contributed by atoms with van der Waals surface area (Å²) in [4.78, 5) is 22.8. The van der Waals surface area contributed by atoms with E-state index >= 15 is 0 Å². The second-order valence-corrected chi connectivity index (χ2v) is 5.57. The number of hydrogen-bond donors (Lipinski definition) is 2. The van der Waals surface area contributed by atoms with Crippen molar-refractivity contribution >= 4 is 12.0 Å². The van der Waals surface area contributed by atoms with Gasteiger partial charge in [0.2, 0.25) is 5.91 Å². The van der Waals surface area contributed by atoms with Crippen LogP contribution in [0.3, 0.4) is 0 Å². The lowest BCUT2D eigenvalue weighted by molar-refractivity contribution is -0.129. The van der Waals surface area contributed by atoms with Crippen LogP contribution in [-0.2, 0) is 20.9 Å². The lowest BCUT2D eigenvalue weighted by Gasteiger charge is -2.21. The molecule has 0 unspecified atom stereocenters. The predicted octanol–water partition coefficient (Wildman–Crippen LogP) is 1.58. The van der Waals surface area contributed by atoms with Crippen molar-refractivity contribution in [2.24, 2.45) is 5.73 Å². The van der Waals surface area contributed by atoms with E-state index in [0.717, 1.165) is 5.56 Å². The number of alkyl carbamates (subject to hydrolysis) is 1. The van der Waals surface area contributed by atoms with Gasteiger partial charge >= 0.3 is 6.09 Å². The number of primary amides is 1. The molecule has 0 saturated heterocycles. The number of amides is 2. The van der Waals surface area contributed by atoms with E-state index in [0.29, 0.717) is 0 Å². The van der Waals surface area contributed by atoms with Crippen molar-refractivity contribution < 1.29 is 19.1 Å². The van der Waals surface area contributed by atoms with E-state index < -0.39 is 23.7 Å². The molecular weight excluding hydrogens is 272 g/mol. The van der Waals surface area contributed by atoms with Gasteiger partial charge in [0.15, 0.2) is 6.10 Å². The van der Waals surface area contributed by atoms with Crippen molar-refractivity contribution in [3.63, 3.8) is 0 Å². The third-order valence-electron chi connectivity index (χ3n) is 2.44. The summed E-state index contributed by atoms with van der Waals surface area (Å²) in [6.45, 7) is 5.47. The second kappa shape index (κ2) is 7.64. The SMILES string of the molecule is CC(C)(C)OC(=O)NC[C@H](OCc1ccccc1)C(N)=O. The minimum absolute atomic E-state index is 0.0307. The fraction of sp³-hybridized carbons (Fsp3) is 0.467. The Labute approximate surface area is 124 Å². The summed E-state index contributed by atoms with van der Waals surface area (Å²) in [5.74, 6) is -0.637. The highest BCUT2D eigenvalue weighted by molar-refractivity contribution is 5.80. The first-order valence-corrected chi connectivity index (χ1v) is 6.69. The molecule has 6 heteroatoms. The van der Waals surface area contributed by atoms with E-state index in [1.807, 2.05) is 30.3 Å². The summed E-state index contributed by atoms with van der Waals surface area (Å²) >= 11 is 0. The standard InChI is InChI=1S/C15H22N2O4/c1-15(2,3)21-14(19)17-9-12(13(16)18)20-10-11-7-5-4-6-8-11/h4-8,12H,9-10H2,1-3H3,(H2,16,18)(H,17,19)/t12-/m0/s1. The van der Waals surface area contributed by atoms with Gasteiger partial charge in [0.1, 0.15) is 5.60 Å². The highest BCUT2D eigenvalue weighted by Crippen LogP contribution is 2.07. The zero-order valence-electron chi connectivity index (χ0n) is 12.6. The van der Waals surface area contributed by atoms with Crippen LogP contribution in [0.1, 0.15) is 26.3 Å².